The Morgan fingerprint density at radius 3 is 2.90 bits per heavy atom. The van der Waals surface area contributed by atoms with Gasteiger partial charge in [-0.15, -0.1) is 0 Å². The Bertz CT molecular complexity index is 142. The molecule has 0 aromatic rings. The average molecular weight is 140 g/mol. The van der Waals surface area contributed by atoms with Gasteiger partial charge in [0.1, 0.15) is 0 Å². The summed E-state index contributed by atoms with van der Waals surface area (Å²) < 4.78 is 0. The molecule has 0 aliphatic carbocycles. The van der Waals surface area contributed by atoms with Crippen LogP contribution in [-0.4, -0.2) is 18.6 Å². The summed E-state index contributed by atoms with van der Waals surface area (Å²) in [5.41, 5.74) is 8.11. The fourth-order valence-corrected chi connectivity index (χ4v) is 1.16. The van der Waals surface area contributed by atoms with E-state index in [9.17, 15) is 0 Å². The number of rotatable bonds is 1. The molecule has 1 rings (SSSR count). The van der Waals surface area contributed by atoms with Crippen molar-refractivity contribution >= 4 is 0 Å². The zero-order valence-electron chi connectivity index (χ0n) is 6.12. The molecule has 1 N–H and O–H groups in total. The summed E-state index contributed by atoms with van der Waals surface area (Å²) in [6, 6.07) is 0.770. The van der Waals surface area contributed by atoms with Gasteiger partial charge in [0.15, 0.2) is 0 Å². The molecule has 4 nitrogen and oxygen atoms in total. The smallest absolute Gasteiger partial charge is 0.0499 e. The third-order valence-corrected chi connectivity index (χ3v) is 1.85. The van der Waals surface area contributed by atoms with E-state index in [1.54, 1.807) is 0 Å². The van der Waals surface area contributed by atoms with Crippen molar-refractivity contribution in [3.63, 3.8) is 0 Å². The molecule has 0 bridgehead atoms. The van der Waals surface area contributed by atoms with E-state index in [-0.39, 0.29) is 6.04 Å². The SMILES string of the molecule is CC1CCC(N=[N+]=[N-])CN1. The van der Waals surface area contributed by atoms with Crippen LogP contribution in [0.1, 0.15) is 19.8 Å². The fourth-order valence-electron chi connectivity index (χ4n) is 1.16. The van der Waals surface area contributed by atoms with Gasteiger partial charge in [0, 0.05) is 23.5 Å². The Morgan fingerprint density at radius 1 is 1.60 bits per heavy atom. The number of nitrogens with one attached hydrogen (secondary N) is 1. The summed E-state index contributed by atoms with van der Waals surface area (Å²) in [6.45, 7) is 2.98. The Balaban J connectivity index is 2.32. The van der Waals surface area contributed by atoms with E-state index in [0.717, 1.165) is 19.4 Å². The molecule has 0 spiro atoms. The molecule has 1 fully saturated rings. The summed E-state index contributed by atoms with van der Waals surface area (Å²) in [5.74, 6) is 0. The number of hydrogen-bond donors (Lipinski definition) is 1. The molecule has 1 saturated heterocycles. The first kappa shape index (κ1) is 7.38. The third kappa shape index (κ3) is 1.90. The van der Waals surface area contributed by atoms with E-state index in [0.29, 0.717) is 6.04 Å². The lowest BCUT2D eigenvalue weighted by Gasteiger charge is -2.23. The van der Waals surface area contributed by atoms with Gasteiger partial charge >= 0.3 is 0 Å². The molecule has 0 aromatic carbocycles. The highest BCUT2D eigenvalue weighted by atomic mass is 15.2. The molecule has 2 unspecified atom stereocenters. The van der Waals surface area contributed by atoms with Gasteiger partial charge in [-0.25, -0.2) is 0 Å². The Hall–Kier alpha value is -0.730. The van der Waals surface area contributed by atoms with E-state index >= 15 is 0 Å². The van der Waals surface area contributed by atoms with Crippen molar-refractivity contribution in [3.8, 4) is 0 Å². The van der Waals surface area contributed by atoms with Crippen LogP contribution in [0.25, 0.3) is 10.4 Å². The minimum absolute atomic E-state index is 0.182. The van der Waals surface area contributed by atoms with Gasteiger partial charge in [-0.1, -0.05) is 5.11 Å². The molecule has 0 radical (unpaired) electrons. The molecule has 0 saturated carbocycles. The lowest BCUT2D eigenvalue weighted by atomic mass is 10.0. The zero-order chi connectivity index (χ0) is 7.40. The zero-order valence-corrected chi connectivity index (χ0v) is 6.12. The van der Waals surface area contributed by atoms with Gasteiger partial charge in [0.05, 0.1) is 0 Å². The highest BCUT2D eigenvalue weighted by molar-refractivity contribution is 4.79. The van der Waals surface area contributed by atoms with Crippen molar-refractivity contribution in [3.05, 3.63) is 10.4 Å². The third-order valence-electron chi connectivity index (χ3n) is 1.85. The number of piperidine rings is 1. The summed E-state index contributed by atoms with van der Waals surface area (Å²) in [6.07, 6.45) is 2.14. The second kappa shape index (κ2) is 3.44. The van der Waals surface area contributed by atoms with Crippen LogP contribution in [0.4, 0.5) is 0 Å². The van der Waals surface area contributed by atoms with E-state index in [2.05, 4.69) is 22.3 Å². The van der Waals surface area contributed by atoms with Crippen LogP contribution in [0.2, 0.25) is 0 Å². The quantitative estimate of drug-likeness (QED) is 0.334. The molecule has 56 valence electrons. The van der Waals surface area contributed by atoms with E-state index in [4.69, 9.17) is 5.53 Å². The molecule has 2 atom stereocenters. The summed E-state index contributed by atoms with van der Waals surface area (Å²) in [5, 5.41) is 6.89. The molecule has 10 heavy (non-hydrogen) atoms. The maximum atomic E-state index is 8.11. The predicted octanol–water partition coefficient (Wildman–Crippen LogP) is 1.44. The van der Waals surface area contributed by atoms with E-state index < -0.39 is 0 Å². The highest BCUT2D eigenvalue weighted by Gasteiger charge is 2.15. The van der Waals surface area contributed by atoms with Gasteiger partial charge in [0.2, 0.25) is 0 Å². The number of hydrogen-bond acceptors (Lipinski definition) is 2. The van der Waals surface area contributed by atoms with Crippen LogP contribution in [0.15, 0.2) is 5.11 Å². The Morgan fingerprint density at radius 2 is 2.40 bits per heavy atom. The largest absolute Gasteiger partial charge is 0.314 e. The average Bonchev–Trinajstić information content (AvgIpc) is 1.95. The van der Waals surface area contributed by atoms with Gasteiger partial charge in [-0.05, 0) is 25.3 Å². The summed E-state index contributed by atoms with van der Waals surface area (Å²) in [7, 11) is 0. The first-order valence-corrected chi connectivity index (χ1v) is 3.60. The van der Waals surface area contributed by atoms with Crippen molar-refractivity contribution in [1.82, 2.24) is 5.32 Å². The second-order valence-electron chi connectivity index (χ2n) is 2.75. The van der Waals surface area contributed by atoms with Gasteiger partial charge in [-0.3, -0.25) is 0 Å². The Kier molecular flexibility index (Phi) is 2.54. The van der Waals surface area contributed by atoms with Crippen LogP contribution in [0.3, 0.4) is 0 Å². The first-order chi connectivity index (χ1) is 4.83. The van der Waals surface area contributed by atoms with E-state index in [1.807, 2.05) is 0 Å². The molecular formula is C6H12N4. The van der Waals surface area contributed by atoms with Gasteiger partial charge in [0.25, 0.3) is 0 Å². The fraction of sp³-hybridized carbons (Fsp3) is 1.00. The lowest BCUT2D eigenvalue weighted by molar-refractivity contribution is 0.384. The first-order valence-electron chi connectivity index (χ1n) is 3.60. The Labute approximate surface area is 60.2 Å². The van der Waals surface area contributed by atoms with Crippen molar-refractivity contribution in [2.45, 2.75) is 31.8 Å². The van der Waals surface area contributed by atoms with Crippen molar-refractivity contribution in [2.24, 2.45) is 5.11 Å². The second-order valence-corrected chi connectivity index (χ2v) is 2.75. The monoisotopic (exact) mass is 140 g/mol. The topological polar surface area (TPSA) is 60.8 Å². The van der Waals surface area contributed by atoms with Gasteiger partial charge < -0.3 is 5.32 Å². The minimum Gasteiger partial charge on any atom is -0.314 e. The maximum absolute atomic E-state index is 8.11. The highest BCUT2D eigenvalue weighted by Crippen LogP contribution is 2.10. The molecule has 1 aliphatic rings. The van der Waals surface area contributed by atoms with Gasteiger partial charge in [-0.2, -0.15) is 0 Å². The normalized spacial score (nSPS) is 32.9. The molecule has 1 aliphatic heterocycles. The molecular weight excluding hydrogens is 128 g/mol. The van der Waals surface area contributed by atoms with Crippen LogP contribution in [-0.2, 0) is 0 Å². The predicted molar refractivity (Wildman–Crippen MR) is 39.6 cm³/mol. The lowest BCUT2D eigenvalue weighted by Crippen LogP contribution is -2.38. The van der Waals surface area contributed by atoms with Crippen LogP contribution in [0, 0.1) is 0 Å². The maximum Gasteiger partial charge on any atom is 0.0499 e. The van der Waals surface area contributed by atoms with Crippen molar-refractivity contribution in [2.75, 3.05) is 6.54 Å². The summed E-state index contributed by atoms with van der Waals surface area (Å²) >= 11 is 0. The van der Waals surface area contributed by atoms with Crippen LogP contribution < -0.4 is 5.32 Å². The minimum atomic E-state index is 0.182. The van der Waals surface area contributed by atoms with E-state index in [1.165, 1.54) is 0 Å². The van der Waals surface area contributed by atoms with Crippen molar-refractivity contribution < 1.29 is 0 Å². The van der Waals surface area contributed by atoms with Crippen LogP contribution in [0.5, 0.6) is 0 Å². The molecule has 1 heterocycles. The van der Waals surface area contributed by atoms with Crippen LogP contribution >= 0.6 is 0 Å². The number of azide groups is 1. The summed E-state index contributed by atoms with van der Waals surface area (Å²) in [4.78, 5) is 2.77. The standard InChI is InChI=1S/C6H12N4/c1-5-2-3-6(4-8-5)9-10-7/h5-6,8H,2-4H2,1H3. The van der Waals surface area contributed by atoms with Crippen molar-refractivity contribution in [1.29, 1.82) is 0 Å². The molecule has 0 amide bonds. The molecule has 4 heteroatoms. The molecule has 0 aromatic heterocycles. The number of nitrogens with zero attached hydrogens (tertiary/aromatic N) is 3.